The van der Waals surface area contributed by atoms with E-state index in [0.717, 1.165) is 11.5 Å². The van der Waals surface area contributed by atoms with Gasteiger partial charge in [-0.05, 0) is 11.5 Å². The van der Waals surface area contributed by atoms with Crippen LogP contribution in [0.5, 0.6) is 0 Å². The molecule has 5 aliphatic rings. The Hall–Kier alpha value is -2.35. The van der Waals surface area contributed by atoms with Crippen molar-refractivity contribution in [2.24, 2.45) is 9.98 Å². The standard InChI is InChI=1S/C21H24FN7O11P2S/c22-13-17-12(38-21(13)29-7-27-14-8(30)1-2-24-20(14)29)5-36-41(31,32)39-9-3-10(37-11(9)4-35-42(33,34)40-17)18-15-16(28-43-18)19(23)26-6-25-15/h2,6-7,9-14,17,20-21H,1,3-5H2,(H,31,32)(H,33,34)(H2,23,25,26)/t9-,10+,11+,12+,13+,14?,17+,20?,21+/m0/s1. The normalized spacial score (nSPS) is 43.3. The van der Waals surface area contributed by atoms with E-state index in [-0.39, 0.29) is 24.4 Å². The number of hydrogen-bond donors (Lipinski definition) is 3. The van der Waals surface area contributed by atoms with E-state index in [2.05, 4.69) is 24.3 Å². The highest BCUT2D eigenvalue weighted by molar-refractivity contribution is 7.47. The van der Waals surface area contributed by atoms with E-state index in [9.17, 15) is 23.7 Å². The molecule has 0 aliphatic carbocycles. The summed E-state index contributed by atoms with van der Waals surface area (Å²) in [5.41, 5.74) is 6.62. The van der Waals surface area contributed by atoms with Gasteiger partial charge in [-0.2, -0.15) is 4.37 Å². The fourth-order valence-corrected chi connectivity index (χ4v) is 8.31. The van der Waals surface area contributed by atoms with E-state index in [4.69, 9.17) is 33.3 Å². The molecule has 0 radical (unpaired) electrons. The first-order valence-corrected chi connectivity index (χ1v) is 16.7. The number of anilines is 1. The van der Waals surface area contributed by atoms with Crippen molar-refractivity contribution in [2.75, 3.05) is 18.9 Å². The van der Waals surface area contributed by atoms with Crippen molar-refractivity contribution in [2.45, 2.75) is 68.0 Å². The second-order valence-corrected chi connectivity index (χ2v) is 13.8. The molecule has 0 aromatic carbocycles. The zero-order valence-corrected chi connectivity index (χ0v) is 24.4. The highest BCUT2D eigenvalue weighted by atomic mass is 32.1. The minimum absolute atomic E-state index is 0.00695. The first-order valence-electron chi connectivity index (χ1n) is 13.0. The second kappa shape index (κ2) is 10.9. The van der Waals surface area contributed by atoms with Crippen LogP contribution in [0.25, 0.3) is 11.0 Å². The molecule has 5 aliphatic heterocycles. The topological polar surface area (TPSA) is 240 Å². The number of alkyl halides is 1. The average Bonchev–Trinajstić information content (AvgIpc) is 3.72. The van der Waals surface area contributed by atoms with Crippen LogP contribution in [0.1, 0.15) is 23.8 Å². The molecule has 232 valence electrons. The summed E-state index contributed by atoms with van der Waals surface area (Å²) >= 11 is 1.03. The molecular formula is C21H24FN7O11P2S. The molecule has 7 heterocycles. The number of carbonyl (C=O) groups excluding carboxylic acids is 1. The van der Waals surface area contributed by atoms with Crippen molar-refractivity contribution >= 4 is 62.4 Å². The number of nitrogens with two attached hydrogens (primary N) is 1. The Labute approximate surface area is 245 Å². The number of aliphatic imine (C=N–C) groups is 2. The Morgan fingerprint density at radius 1 is 1.02 bits per heavy atom. The number of phosphoric ester groups is 2. The van der Waals surface area contributed by atoms with Crippen LogP contribution in [0.4, 0.5) is 10.2 Å². The third-order valence-corrected chi connectivity index (χ3v) is 10.5. The minimum atomic E-state index is -4.97. The molecule has 2 aromatic rings. The molecule has 4 unspecified atom stereocenters. The van der Waals surface area contributed by atoms with Crippen molar-refractivity contribution in [3.63, 3.8) is 0 Å². The number of carbonyl (C=O) groups is 1. The van der Waals surface area contributed by atoms with Gasteiger partial charge in [-0.1, -0.05) is 0 Å². The van der Waals surface area contributed by atoms with Crippen molar-refractivity contribution in [1.29, 1.82) is 0 Å². The van der Waals surface area contributed by atoms with E-state index in [1.165, 1.54) is 23.8 Å². The molecule has 3 saturated heterocycles. The maximum Gasteiger partial charge on any atom is 0.472 e. The third kappa shape index (κ3) is 5.44. The number of rotatable bonds is 2. The number of phosphoric acid groups is 2. The van der Waals surface area contributed by atoms with Crippen molar-refractivity contribution in [1.82, 2.24) is 19.2 Å². The van der Waals surface area contributed by atoms with Gasteiger partial charge in [-0.25, -0.2) is 23.5 Å². The number of aromatic nitrogens is 3. The van der Waals surface area contributed by atoms with Gasteiger partial charge in [0.25, 0.3) is 0 Å². The fourth-order valence-electron chi connectivity index (χ4n) is 5.52. The van der Waals surface area contributed by atoms with Gasteiger partial charge in [0.05, 0.1) is 30.5 Å². The Morgan fingerprint density at radius 3 is 2.60 bits per heavy atom. The quantitative estimate of drug-likeness (QED) is 0.374. The number of halogens is 1. The van der Waals surface area contributed by atoms with Crippen LogP contribution in [0.3, 0.4) is 0 Å². The molecule has 0 saturated carbocycles. The molecule has 0 spiro atoms. The van der Waals surface area contributed by atoms with Crippen molar-refractivity contribution < 1.29 is 55.7 Å². The Kier molecular flexibility index (Phi) is 7.46. The lowest BCUT2D eigenvalue weighted by atomic mass is 10.1. The van der Waals surface area contributed by atoms with Gasteiger partial charge in [0.15, 0.2) is 36.2 Å². The summed E-state index contributed by atoms with van der Waals surface area (Å²) in [6, 6.07) is -0.862. The van der Waals surface area contributed by atoms with Crippen LogP contribution in [0.2, 0.25) is 0 Å². The number of ether oxygens (including phenoxy) is 2. The Balaban J connectivity index is 1.11. The van der Waals surface area contributed by atoms with Crippen molar-refractivity contribution in [3.8, 4) is 0 Å². The summed E-state index contributed by atoms with van der Waals surface area (Å²) in [7, 11) is -9.81. The van der Waals surface area contributed by atoms with Gasteiger partial charge in [-0.15, -0.1) is 0 Å². The highest BCUT2D eigenvalue weighted by Crippen LogP contribution is 2.54. The number of nitrogen functional groups attached to an aromatic ring is 1. The second-order valence-electron chi connectivity index (χ2n) is 10.2. The average molecular weight is 663 g/mol. The van der Waals surface area contributed by atoms with E-state index < -0.39 is 84.0 Å². The summed E-state index contributed by atoms with van der Waals surface area (Å²) in [5.74, 6) is -0.0676. The third-order valence-electron chi connectivity index (χ3n) is 7.53. The van der Waals surface area contributed by atoms with E-state index in [0.29, 0.717) is 15.9 Å². The lowest BCUT2D eigenvalue weighted by Crippen LogP contribution is -2.49. The summed E-state index contributed by atoms with van der Waals surface area (Å²) in [6.07, 6.45) is -6.93. The smallest absolute Gasteiger partial charge is 0.382 e. The van der Waals surface area contributed by atoms with Crippen LogP contribution in [-0.2, 0) is 41.5 Å². The number of ketones is 1. The van der Waals surface area contributed by atoms with Crippen LogP contribution < -0.4 is 5.73 Å². The lowest BCUT2D eigenvalue weighted by molar-refractivity contribution is -0.121. The van der Waals surface area contributed by atoms with Crippen LogP contribution >= 0.6 is 27.2 Å². The zero-order valence-electron chi connectivity index (χ0n) is 21.8. The summed E-state index contributed by atoms with van der Waals surface area (Å²) in [4.78, 5) is 51.5. The maximum atomic E-state index is 15.8. The molecule has 0 bridgehead atoms. The molecule has 22 heteroatoms. The number of fused-ring (bicyclic) bond motifs is 4. The lowest BCUT2D eigenvalue weighted by Gasteiger charge is -2.31. The first-order chi connectivity index (χ1) is 20.5. The van der Waals surface area contributed by atoms with Gasteiger partial charge in [0.2, 0.25) is 0 Å². The van der Waals surface area contributed by atoms with Gasteiger partial charge >= 0.3 is 15.6 Å². The first kappa shape index (κ1) is 29.4. The maximum absolute atomic E-state index is 15.8. The molecule has 7 rings (SSSR count). The minimum Gasteiger partial charge on any atom is -0.382 e. The van der Waals surface area contributed by atoms with E-state index >= 15 is 4.39 Å². The molecule has 43 heavy (non-hydrogen) atoms. The summed E-state index contributed by atoms with van der Waals surface area (Å²) < 4.78 is 78.7. The van der Waals surface area contributed by atoms with Gasteiger partial charge in [0.1, 0.15) is 41.8 Å². The van der Waals surface area contributed by atoms with Gasteiger partial charge in [0, 0.05) is 19.1 Å². The molecule has 0 amide bonds. The zero-order chi connectivity index (χ0) is 30.1. The predicted molar refractivity (Wildman–Crippen MR) is 143 cm³/mol. The molecule has 2 aromatic heterocycles. The SMILES string of the molecule is Nc1ncnc2c([C@H]3C[C@@H]4OP(=O)(O)OC[C@H]5O[C@@H](N6C=NC7C(=O)CC=NC76)[C@H](F)[C@@H]5OP(=O)(O)OC[C@H]4O3)snc12. The Bertz CT molecular complexity index is 1600. The van der Waals surface area contributed by atoms with E-state index in [1.807, 2.05) is 0 Å². The largest absolute Gasteiger partial charge is 0.472 e. The number of Topliss-reactive ketones (excluding diaryl/α,β-unsaturated/α-hetero) is 1. The molecular weight excluding hydrogens is 639 g/mol. The number of nitrogens with zero attached hydrogens (tertiary/aromatic N) is 6. The molecule has 18 nitrogen and oxygen atoms in total. The van der Waals surface area contributed by atoms with Crippen LogP contribution in [-0.4, -0.2) is 110 Å². The summed E-state index contributed by atoms with van der Waals surface area (Å²) in [5, 5.41) is 0. The monoisotopic (exact) mass is 663 g/mol. The van der Waals surface area contributed by atoms with E-state index in [1.54, 1.807) is 0 Å². The van der Waals surface area contributed by atoms with Gasteiger partial charge in [-0.3, -0.25) is 32.9 Å². The molecule has 3 fully saturated rings. The van der Waals surface area contributed by atoms with Gasteiger partial charge < -0.3 is 29.9 Å². The molecule has 4 N–H and O–H groups in total. The number of hydrogen-bond acceptors (Lipinski definition) is 17. The Morgan fingerprint density at radius 2 is 1.79 bits per heavy atom. The fraction of sp³-hybridized carbons (Fsp3) is 0.619. The highest BCUT2D eigenvalue weighted by Gasteiger charge is 2.55. The van der Waals surface area contributed by atoms with Crippen molar-refractivity contribution in [3.05, 3.63) is 11.2 Å². The summed E-state index contributed by atoms with van der Waals surface area (Å²) in [6.45, 7) is -1.41. The predicted octanol–water partition coefficient (Wildman–Crippen LogP) is 0.662. The van der Waals surface area contributed by atoms with Crippen LogP contribution in [0, 0.1) is 0 Å². The van der Waals surface area contributed by atoms with Crippen LogP contribution in [0.15, 0.2) is 16.3 Å². The molecule has 11 atom stereocenters.